The molecule has 2 heteroatoms. The molecule has 0 radical (unpaired) electrons. The third-order valence-electron chi connectivity index (χ3n) is 4.43. The molecule has 0 aromatic heterocycles. The first kappa shape index (κ1) is 14.4. The van der Waals surface area contributed by atoms with Crippen LogP contribution >= 0.6 is 0 Å². The Morgan fingerprint density at radius 1 is 1.21 bits per heavy atom. The normalized spacial score (nSPS) is 18.8. The molecule has 1 atom stereocenters. The van der Waals surface area contributed by atoms with Crippen LogP contribution in [-0.2, 0) is 6.42 Å². The van der Waals surface area contributed by atoms with E-state index in [-0.39, 0.29) is 0 Å². The number of benzene rings is 1. The summed E-state index contributed by atoms with van der Waals surface area (Å²) >= 11 is 0. The zero-order valence-electron chi connectivity index (χ0n) is 12.3. The van der Waals surface area contributed by atoms with Gasteiger partial charge in [0.2, 0.25) is 0 Å². The number of likely N-dealkylation sites (N-methyl/N-ethyl adjacent to an activating group) is 1. The first-order chi connectivity index (χ1) is 9.33. The van der Waals surface area contributed by atoms with Crippen LogP contribution in [0.4, 0.5) is 0 Å². The predicted molar refractivity (Wildman–Crippen MR) is 80.7 cm³/mol. The molecule has 1 unspecified atom stereocenters. The number of rotatable bonds is 5. The van der Waals surface area contributed by atoms with Crippen molar-refractivity contribution in [2.75, 3.05) is 14.2 Å². The summed E-state index contributed by atoms with van der Waals surface area (Å²) in [5, 5.41) is 3.54. The highest BCUT2D eigenvalue weighted by Gasteiger charge is 2.21. The van der Waals surface area contributed by atoms with Crippen LogP contribution in [0.5, 0.6) is 5.75 Å². The van der Waals surface area contributed by atoms with Crippen molar-refractivity contribution in [2.24, 2.45) is 5.92 Å². The second-order valence-electron chi connectivity index (χ2n) is 5.70. The summed E-state index contributed by atoms with van der Waals surface area (Å²) in [6, 6.07) is 9.09. The van der Waals surface area contributed by atoms with E-state index >= 15 is 0 Å². The van der Waals surface area contributed by atoms with Gasteiger partial charge in [-0.3, -0.25) is 0 Å². The molecule has 0 heterocycles. The van der Waals surface area contributed by atoms with Crippen LogP contribution in [-0.4, -0.2) is 20.2 Å². The molecule has 1 aliphatic carbocycles. The Bertz CT molecular complexity index is 369. The average molecular weight is 261 g/mol. The highest BCUT2D eigenvalue weighted by atomic mass is 16.5. The zero-order chi connectivity index (χ0) is 13.5. The van der Waals surface area contributed by atoms with E-state index in [4.69, 9.17) is 4.74 Å². The van der Waals surface area contributed by atoms with Crippen molar-refractivity contribution in [3.05, 3.63) is 29.8 Å². The number of methoxy groups -OCH3 is 1. The molecule has 1 fully saturated rings. The molecule has 1 aromatic rings. The first-order valence-corrected chi connectivity index (χ1v) is 7.63. The van der Waals surface area contributed by atoms with Gasteiger partial charge < -0.3 is 10.1 Å². The van der Waals surface area contributed by atoms with Crippen LogP contribution in [0.2, 0.25) is 0 Å². The van der Waals surface area contributed by atoms with Crippen molar-refractivity contribution in [3.8, 4) is 5.75 Å². The topological polar surface area (TPSA) is 21.3 Å². The van der Waals surface area contributed by atoms with Gasteiger partial charge in [-0.15, -0.1) is 0 Å². The van der Waals surface area contributed by atoms with E-state index in [0.29, 0.717) is 6.04 Å². The largest absolute Gasteiger partial charge is 0.497 e. The van der Waals surface area contributed by atoms with Crippen LogP contribution in [0.15, 0.2) is 24.3 Å². The lowest BCUT2D eigenvalue weighted by Gasteiger charge is -2.26. The summed E-state index contributed by atoms with van der Waals surface area (Å²) in [4.78, 5) is 0. The average Bonchev–Trinajstić information content (AvgIpc) is 2.74. The molecule has 0 amide bonds. The minimum atomic E-state index is 0.602. The maximum Gasteiger partial charge on any atom is 0.119 e. The minimum absolute atomic E-state index is 0.602. The second kappa shape index (κ2) is 7.54. The minimum Gasteiger partial charge on any atom is -0.497 e. The van der Waals surface area contributed by atoms with Gasteiger partial charge in [-0.1, -0.05) is 37.8 Å². The molecule has 0 spiro atoms. The molecule has 0 saturated heterocycles. The van der Waals surface area contributed by atoms with E-state index in [0.717, 1.165) is 18.1 Å². The number of hydrogen-bond acceptors (Lipinski definition) is 2. The Kier molecular flexibility index (Phi) is 5.71. The molecule has 1 aliphatic rings. The Hall–Kier alpha value is -1.02. The lowest BCUT2D eigenvalue weighted by atomic mass is 9.88. The van der Waals surface area contributed by atoms with Crippen molar-refractivity contribution in [1.82, 2.24) is 5.32 Å². The summed E-state index contributed by atoms with van der Waals surface area (Å²) in [7, 11) is 3.84. The third-order valence-corrected chi connectivity index (χ3v) is 4.43. The molecular formula is C17H27NO. The standard InChI is InChI=1S/C17H27NO/c1-18-17(15-9-5-3-4-6-10-15)13-14-8-7-11-16(12-14)19-2/h7-8,11-12,15,17-18H,3-6,9-10,13H2,1-2H3. The molecule has 0 aliphatic heterocycles. The van der Waals surface area contributed by atoms with Gasteiger partial charge in [0.05, 0.1) is 7.11 Å². The van der Waals surface area contributed by atoms with Crippen molar-refractivity contribution < 1.29 is 4.74 Å². The number of hydrogen-bond donors (Lipinski definition) is 1. The Morgan fingerprint density at radius 3 is 2.58 bits per heavy atom. The van der Waals surface area contributed by atoms with Crippen LogP contribution in [0.25, 0.3) is 0 Å². The zero-order valence-corrected chi connectivity index (χ0v) is 12.3. The van der Waals surface area contributed by atoms with Crippen molar-refractivity contribution in [2.45, 2.75) is 51.0 Å². The first-order valence-electron chi connectivity index (χ1n) is 7.63. The van der Waals surface area contributed by atoms with E-state index in [1.807, 2.05) is 6.07 Å². The van der Waals surface area contributed by atoms with Gasteiger partial charge in [0.15, 0.2) is 0 Å². The van der Waals surface area contributed by atoms with Gasteiger partial charge in [-0.2, -0.15) is 0 Å². The van der Waals surface area contributed by atoms with Gasteiger partial charge in [-0.05, 0) is 49.9 Å². The Labute approximate surface area is 117 Å². The van der Waals surface area contributed by atoms with E-state index in [2.05, 4.69) is 30.6 Å². The number of nitrogens with one attached hydrogen (secondary N) is 1. The molecule has 2 nitrogen and oxygen atoms in total. The van der Waals surface area contributed by atoms with Crippen LogP contribution < -0.4 is 10.1 Å². The van der Waals surface area contributed by atoms with Crippen molar-refractivity contribution in [3.63, 3.8) is 0 Å². The summed E-state index contributed by atoms with van der Waals surface area (Å²) < 4.78 is 5.32. The molecule has 0 bridgehead atoms. The highest BCUT2D eigenvalue weighted by Crippen LogP contribution is 2.27. The molecule has 2 rings (SSSR count). The van der Waals surface area contributed by atoms with E-state index in [1.54, 1.807) is 7.11 Å². The van der Waals surface area contributed by atoms with Gasteiger partial charge in [0, 0.05) is 6.04 Å². The fourth-order valence-corrected chi connectivity index (χ4v) is 3.27. The lowest BCUT2D eigenvalue weighted by Crippen LogP contribution is -2.35. The molecule has 106 valence electrons. The van der Waals surface area contributed by atoms with Crippen molar-refractivity contribution >= 4 is 0 Å². The second-order valence-corrected chi connectivity index (χ2v) is 5.70. The summed E-state index contributed by atoms with van der Waals surface area (Å²) in [6.45, 7) is 0. The molecule has 1 aromatic carbocycles. The fraction of sp³-hybridized carbons (Fsp3) is 0.647. The monoisotopic (exact) mass is 261 g/mol. The molecule has 19 heavy (non-hydrogen) atoms. The smallest absolute Gasteiger partial charge is 0.119 e. The lowest BCUT2D eigenvalue weighted by molar-refractivity contribution is 0.332. The quantitative estimate of drug-likeness (QED) is 0.814. The fourth-order valence-electron chi connectivity index (χ4n) is 3.27. The Morgan fingerprint density at radius 2 is 1.95 bits per heavy atom. The van der Waals surface area contributed by atoms with Gasteiger partial charge >= 0.3 is 0 Å². The van der Waals surface area contributed by atoms with Gasteiger partial charge in [-0.25, -0.2) is 0 Å². The van der Waals surface area contributed by atoms with E-state index in [9.17, 15) is 0 Å². The molecule has 1 saturated carbocycles. The van der Waals surface area contributed by atoms with E-state index in [1.165, 1.54) is 44.1 Å². The SMILES string of the molecule is CNC(Cc1cccc(OC)c1)C1CCCCCC1. The maximum absolute atomic E-state index is 5.32. The number of ether oxygens (including phenoxy) is 1. The third kappa shape index (κ3) is 4.24. The van der Waals surface area contributed by atoms with Gasteiger partial charge in [0.1, 0.15) is 5.75 Å². The molecule has 1 N–H and O–H groups in total. The maximum atomic E-state index is 5.32. The Balaban J connectivity index is 2.00. The van der Waals surface area contributed by atoms with Crippen molar-refractivity contribution in [1.29, 1.82) is 0 Å². The van der Waals surface area contributed by atoms with Crippen LogP contribution in [0.3, 0.4) is 0 Å². The molecular weight excluding hydrogens is 234 g/mol. The van der Waals surface area contributed by atoms with Crippen LogP contribution in [0.1, 0.15) is 44.1 Å². The van der Waals surface area contributed by atoms with E-state index < -0.39 is 0 Å². The summed E-state index contributed by atoms with van der Waals surface area (Å²) in [6.07, 6.45) is 9.53. The highest BCUT2D eigenvalue weighted by molar-refractivity contribution is 5.29. The summed E-state index contributed by atoms with van der Waals surface area (Å²) in [5.41, 5.74) is 1.38. The predicted octanol–water partition coefficient (Wildman–Crippen LogP) is 3.80. The summed E-state index contributed by atoms with van der Waals surface area (Å²) in [5.74, 6) is 1.80. The van der Waals surface area contributed by atoms with Gasteiger partial charge in [0.25, 0.3) is 0 Å². The van der Waals surface area contributed by atoms with Crippen LogP contribution in [0, 0.1) is 5.92 Å².